The van der Waals surface area contributed by atoms with E-state index in [-0.39, 0.29) is 17.6 Å². The highest BCUT2D eigenvalue weighted by atomic mass is 16.8. The Bertz CT molecular complexity index is 327. The number of methoxy groups -OCH3 is 4. The van der Waals surface area contributed by atoms with Gasteiger partial charge in [0.25, 0.3) is 0 Å². The molecule has 0 N–H and O–H groups in total. The summed E-state index contributed by atoms with van der Waals surface area (Å²) in [7, 11) is 6.00. The maximum Gasteiger partial charge on any atom is 0.235 e. The van der Waals surface area contributed by atoms with Gasteiger partial charge in [0, 0.05) is 28.4 Å². The molecule has 0 spiro atoms. The van der Waals surface area contributed by atoms with E-state index in [0.29, 0.717) is 0 Å². The number of ether oxygens (including phenoxy) is 4. The molecule has 0 aliphatic heterocycles. The SMILES string of the molecule is COC1(OC)C2C=CC(=O)C2C1(OC)OC. The maximum atomic E-state index is 11.7. The average Bonchev–Trinajstić information content (AvgIpc) is 2.63. The zero-order valence-electron chi connectivity index (χ0n) is 9.85. The Kier molecular flexibility index (Phi) is 2.66. The van der Waals surface area contributed by atoms with Crippen LogP contribution >= 0.6 is 0 Å². The van der Waals surface area contributed by atoms with Crippen molar-refractivity contribution in [3.63, 3.8) is 0 Å². The van der Waals surface area contributed by atoms with Gasteiger partial charge in [-0.05, 0) is 6.08 Å². The van der Waals surface area contributed by atoms with Gasteiger partial charge in [0.2, 0.25) is 11.6 Å². The summed E-state index contributed by atoms with van der Waals surface area (Å²) in [5, 5.41) is 0. The maximum absolute atomic E-state index is 11.7. The lowest BCUT2D eigenvalue weighted by atomic mass is 9.63. The summed E-state index contributed by atoms with van der Waals surface area (Å²) >= 11 is 0. The second-order valence-corrected chi connectivity index (χ2v) is 3.92. The van der Waals surface area contributed by atoms with Gasteiger partial charge in [0.1, 0.15) is 0 Å². The van der Waals surface area contributed by atoms with E-state index in [1.165, 1.54) is 34.5 Å². The largest absolute Gasteiger partial charge is 0.348 e. The molecule has 2 aliphatic rings. The first-order valence-corrected chi connectivity index (χ1v) is 5.06. The fourth-order valence-corrected chi connectivity index (χ4v) is 2.97. The van der Waals surface area contributed by atoms with Crippen molar-refractivity contribution in [2.75, 3.05) is 28.4 Å². The van der Waals surface area contributed by atoms with Crippen LogP contribution in [0.5, 0.6) is 0 Å². The number of fused-ring (bicyclic) bond motifs is 1. The smallest absolute Gasteiger partial charge is 0.235 e. The van der Waals surface area contributed by atoms with Gasteiger partial charge in [0.05, 0.1) is 11.8 Å². The molecule has 0 saturated heterocycles. The Labute approximate surface area is 94.3 Å². The highest BCUT2D eigenvalue weighted by Gasteiger charge is 2.78. The number of hydrogen-bond acceptors (Lipinski definition) is 5. The number of carbonyl (C=O) groups is 1. The molecule has 5 nitrogen and oxygen atoms in total. The number of carbonyl (C=O) groups excluding carboxylic acids is 1. The Morgan fingerprint density at radius 2 is 1.50 bits per heavy atom. The molecule has 0 aromatic rings. The first-order valence-electron chi connectivity index (χ1n) is 5.06. The molecule has 1 fully saturated rings. The Morgan fingerprint density at radius 1 is 1.00 bits per heavy atom. The molecule has 0 aromatic heterocycles. The van der Waals surface area contributed by atoms with Crippen molar-refractivity contribution in [1.82, 2.24) is 0 Å². The van der Waals surface area contributed by atoms with Crippen LogP contribution in [0.2, 0.25) is 0 Å². The fourth-order valence-electron chi connectivity index (χ4n) is 2.97. The van der Waals surface area contributed by atoms with Crippen molar-refractivity contribution in [2.24, 2.45) is 11.8 Å². The van der Waals surface area contributed by atoms with Gasteiger partial charge in [0.15, 0.2) is 5.78 Å². The van der Waals surface area contributed by atoms with E-state index in [1.807, 2.05) is 0 Å². The highest BCUT2D eigenvalue weighted by molar-refractivity contribution is 5.97. The van der Waals surface area contributed by atoms with Crippen molar-refractivity contribution < 1.29 is 23.7 Å². The Morgan fingerprint density at radius 3 is 1.94 bits per heavy atom. The molecule has 2 unspecified atom stereocenters. The van der Waals surface area contributed by atoms with Gasteiger partial charge in [-0.2, -0.15) is 0 Å². The molecule has 2 atom stereocenters. The minimum atomic E-state index is -1.16. The Hall–Kier alpha value is -0.750. The van der Waals surface area contributed by atoms with E-state index in [0.717, 1.165) is 0 Å². The fraction of sp³-hybridized carbons (Fsp3) is 0.727. The van der Waals surface area contributed by atoms with Crippen LogP contribution in [0, 0.1) is 11.8 Å². The summed E-state index contributed by atoms with van der Waals surface area (Å²) in [6, 6.07) is 0. The summed E-state index contributed by atoms with van der Waals surface area (Å²) in [4.78, 5) is 11.7. The monoisotopic (exact) mass is 228 g/mol. The zero-order chi connectivity index (χ0) is 12.0. The van der Waals surface area contributed by atoms with Crippen LogP contribution in [0.15, 0.2) is 12.2 Å². The molecule has 0 aromatic carbocycles. The van der Waals surface area contributed by atoms with Crippen molar-refractivity contribution in [2.45, 2.75) is 11.6 Å². The van der Waals surface area contributed by atoms with Gasteiger partial charge < -0.3 is 18.9 Å². The summed E-state index contributed by atoms with van der Waals surface area (Å²) in [5.74, 6) is -2.78. The summed E-state index contributed by atoms with van der Waals surface area (Å²) in [6.07, 6.45) is 3.32. The predicted molar refractivity (Wildman–Crippen MR) is 54.6 cm³/mol. The van der Waals surface area contributed by atoms with E-state index < -0.39 is 11.6 Å². The molecular weight excluding hydrogens is 212 g/mol. The third-order valence-electron chi connectivity index (χ3n) is 3.68. The minimum Gasteiger partial charge on any atom is -0.348 e. The third-order valence-corrected chi connectivity index (χ3v) is 3.68. The number of allylic oxidation sites excluding steroid dienone is 1. The molecule has 0 amide bonds. The van der Waals surface area contributed by atoms with Crippen LogP contribution in [-0.2, 0) is 23.7 Å². The van der Waals surface area contributed by atoms with Crippen LogP contribution in [0.3, 0.4) is 0 Å². The molecule has 0 radical (unpaired) electrons. The minimum absolute atomic E-state index is 0.0153. The number of rotatable bonds is 4. The Balaban J connectivity index is 2.45. The highest BCUT2D eigenvalue weighted by Crippen LogP contribution is 2.60. The second kappa shape index (κ2) is 3.63. The molecule has 2 aliphatic carbocycles. The molecule has 90 valence electrons. The van der Waals surface area contributed by atoms with Gasteiger partial charge in [-0.3, -0.25) is 4.79 Å². The quantitative estimate of drug-likeness (QED) is 0.650. The van der Waals surface area contributed by atoms with E-state index in [9.17, 15) is 4.79 Å². The first kappa shape index (κ1) is 11.7. The van der Waals surface area contributed by atoms with E-state index in [2.05, 4.69) is 0 Å². The van der Waals surface area contributed by atoms with Gasteiger partial charge >= 0.3 is 0 Å². The summed E-state index contributed by atoms with van der Waals surface area (Å²) in [5.41, 5.74) is 0. The van der Waals surface area contributed by atoms with Gasteiger partial charge in [-0.15, -0.1) is 0 Å². The lowest BCUT2D eigenvalue weighted by Gasteiger charge is -2.61. The summed E-state index contributed by atoms with van der Waals surface area (Å²) < 4.78 is 21.6. The summed E-state index contributed by atoms with van der Waals surface area (Å²) in [6.45, 7) is 0. The normalized spacial score (nSPS) is 33.6. The topological polar surface area (TPSA) is 54.0 Å². The molecule has 1 saturated carbocycles. The predicted octanol–water partition coefficient (Wildman–Crippen LogP) is 0.349. The first-order chi connectivity index (χ1) is 7.63. The molecule has 2 rings (SSSR count). The van der Waals surface area contributed by atoms with Crippen LogP contribution in [0.25, 0.3) is 0 Å². The van der Waals surface area contributed by atoms with Gasteiger partial charge in [-0.1, -0.05) is 6.08 Å². The molecule has 5 heteroatoms. The van der Waals surface area contributed by atoms with E-state index in [4.69, 9.17) is 18.9 Å². The van der Waals surface area contributed by atoms with Crippen molar-refractivity contribution in [3.05, 3.63) is 12.2 Å². The number of hydrogen-bond donors (Lipinski definition) is 0. The number of ketones is 1. The van der Waals surface area contributed by atoms with E-state index >= 15 is 0 Å². The van der Waals surface area contributed by atoms with E-state index in [1.54, 1.807) is 6.08 Å². The average molecular weight is 228 g/mol. The third kappa shape index (κ3) is 0.971. The van der Waals surface area contributed by atoms with Crippen molar-refractivity contribution in [1.29, 1.82) is 0 Å². The standard InChI is InChI=1S/C11H16O5/c1-13-10(14-2)7-5-6-8(12)9(7)11(10,15-3)16-4/h5-7,9H,1-4H3. The molecule has 0 bridgehead atoms. The molecular formula is C11H16O5. The van der Waals surface area contributed by atoms with Crippen molar-refractivity contribution >= 4 is 5.78 Å². The molecule has 0 heterocycles. The van der Waals surface area contributed by atoms with Crippen LogP contribution in [0.1, 0.15) is 0 Å². The van der Waals surface area contributed by atoms with Crippen molar-refractivity contribution in [3.8, 4) is 0 Å². The molecule has 16 heavy (non-hydrogen) atoms. The van der Waals surface area contributed by atoms with Crippen LogP contribution < -0.4 is 0 Å². The lowest BCUT2D eigenvalue weighted by molar-refractivity contribution is -0.471. The second-order valence-electron chi connectivity index (χ2n) is 3.92. The van der Waals surface area contributed by atoms with Crippen LogP contribution in [0.4, 0.5) is 0 Å². The van der Waals surface area contributed by atoms with Gasteiger partial charge in [-0.25, -0.2) is 0 Å². The lowest BCUT2D eigenvalue weighted by Crippen LogP contribution is -2.78. The zero-order valence-corrected chi connectivity index (χ0v) is 9.85. The van der Waals surface area contributed by atoms with Crippen LogP contribution in [-0.4, -0.2) is 45.8 Å².